The minimum atomic E-state index is -0.920. The maximum absolute atomic E-state index is 13.6. The summed E-state index contributed by atoms with van der Waals surface area (Å²) in [6.07, 6.45) is 4.49. The molecule has 2 heterocycles. The number of hydrogen-bond donors (Lipinski definition) is 2. The van der Waals surface area contributed by atoms with Crippen LogP contribution in [0.5, 0.6) is 0 Å². The molecule has 5 rings (SSSR count). The van der Waals surface area contributed by atoms with Crippen LogP contribution in [-0.2, 0) is 14.3 Å². The van der Waals surface area contributed by atoms with Crippen molar-refractivity contribution >= 4 is 56.4 Å². The fourth-order valence-corrected chi connectivity index (χ4v) is 6.31. The third kappa shape index (κ3) is 4.46. The first-order valence-corrected chi connectivity index (χ1v) is 12.8. The maximum atomic E-state index is 13.6. The molecule has 174 valence electrons. The summed E-state index contributed by atoms with van der Waals surface area (Å²) >= 11 is 4.76. The third-order valence-corrected chi connectivity index (χ3v) is 8.65. The van der Waals surface area contributed by atoms with Gasteiger partial charge in [0.15, 0.2) is 0 Å². The van der Waals surface area contributed by atoms with Gasteiger partial charge in [-0.2, -0.15) is 0 Å². The van der Waals surface area contributed by atoms with Crippen LogP contribution in [0.4, 0.5) is 11.4 Å². The highest BCUT2D eigenvalue weighted by atomic mass is 79.9. The van der Waals surface area contributed by atoms with E-state index in [9.17, 15) is 14.4 Å². The van der Waals surface area contributed by atoms with Crippen molar-refractivity contribution in [3.8, 4) is 0 Å². The predicted octanol–water partition coefficient (Wildman–Crippen LogP) is 4.25. The molecule has 1 spiro atoms. The first kappa shape index (κ1) is 22.6. The highest BCUT2D eigenvalue weighted by Crippen LogP contribution is 2.61. The van der Waals surface area contributed by atoms with Crippen LogP contribution in [0.15, 0.2) is 34.1 Å². The van der Waals surface area contributed by atoms with Gasteiger partial charge < -0.3 is 20.3 Å². The number of benzene rings is 1. The molecule has 1 aliphatic heterocycles. The molecule has 1 aromatic heterocycles. The Labute approximate surface area is 205 Å². The topological polar surface area (TPSA) is 87.7 Å². The molecule has 1 unspecified atom stereocenters. The second-order valence-corrected chi connectivity index (χ2v) is 11.8. The minimum absolute atomic E-state index is 0.0660. The Hall–Kier alpha value is -2.23. The van der Waals surface area contributed by atoms with Crippen molar-refractivity contribution < 1.29 is 19.1 Å². The highest BCUT2D eigenvalue weighted by Gasteiger charge is 2.58. The number of nitrogens with one attached hydrogen (secondary N) is 2. The SMILES string of the molecule is Cc1cc(NC(=O)C2(NC(=O)c3ccc(Br)s3)CCC3(CC3)C2)ccc1N1CCOCC1=O. The summed E-state index contributed by atoms with van der Waals surface area (Å²) in [7, 11) is 0. The van der Waals surface area contributed by atoms with Crippen molar-refractivity contribution in [2.75, 3.05) is 30.0 Å². The number of morpholine rings is 1. The lowest BCUT2D eigenvalue weighted by molar-refractivity contribution is -0.125. The molecule has 0 bridgehead atoms. The van der Waals surface area contributed by atoms with Crippen LogP contribution >= 0.6 is 27.3 Å². The van der Waals surface area contributed by atoms with E-state index in [0.29, 0.717) is 36.6 Å². The van der Waals surface area contributed by atoms with Gasteiger partial charge in [0.1, 0.15) is 12.1 Å². The Balaban J connectivity index is 1.35. The molecular weight excluding hydrogens is 506 g/mol. The van der Waals surface area contributed by atoms with Crippen LogP contribution in [0, 0.1) is 12.3 Å². The second kappa shape index (κ2) is 8.52. The van der Waals surface area contributed by atoms with E-state index in [0.717, 1.165) is 34.3 Å². The van der Waals surface area contributed by atoms with E-state index in [4.69, 9.17) is 4.74 Å². The third-order valence-electron chi connectivity index (χ3n) is 7.03. The monoisotopic (exact) mass is 531 g/mol. The van der Waals surface area contributed by atoms with Gasteiger partial charge in [-0.3, -0.25) is 14.4 Å². The number of aryl methyl sites for hydroxylation is 1. The number of ether oxygens (including phenoxy) is 1. The van der Waals surface area contributed by atoms with Crippen molar-refractivity contribution in [1.29, 1.82) is 0 Å². The van der Waals surface area contributed by atoms with Crippen LogP contribution in [0.2, 0.25) is 0 Å². The number of carbonyl (C=O) groups is 3. The zero-order chi connectivity index (χ0) is 23.2. The van der Waals surface area contributed by atoms with Crippen LogP contribution in [0.1, 0.15) is 47.3 Å². The number of rotatable bonds is 5. The van der Waals surface area contributed by atoms with E-state index >= 15 is 0 Å². The predicted molar refractivity (Wildman–Crippen MR) is 131 cm³/mol. The lowest BCUT2D eigenvalue weighted by Crippen LogP contribution is -2.55. The van der Waals surface area contributed by atoms with Gasteiger partial charge in [0, 0.05) is 17.9 Å². The maximum Gasteiger partial charge on any atom is 0.262 e. The van der Waals surface area contributed by atoms with Crippen molar-refractivity contribution in [2.24, 2.45) is 5.41 Å². The van der Waals surface area contributed by atoms with Gasteiger partial charge in [0.25, 0.3) is 11.8 Å². The molecular formula is C24H26BrN3O4S. The van der Waals surface area contributed by atoms with Gasteiger partial charge >= 0.3 is 0 Å². The largest absolute Gasteiger partial charge is 0.370 e. The molecule has 3 amide bonds. The summed E-state index contributed by atoms with van der Waals surface area (Å²) in [5.74, 6) is -0.454. The molecule has 33 heavy (non-hydrogen) atoms. The van der Waals surface area contributed by atoms with Gasteiger partial charge in [-0.05, 0) is 96.3 Å². The Kier molecular flexibility index (Phi) is 5.83. The zero-order valence-electron chi connectivity index (χ0n) is 18.4. The molecule has 0 radical (unpaired) electrons. The highest BCUT2D eigenvalue weighted by molar-refractivity contribution is 9.11. The normalized spacial score (nSPS) is 23.6. The standard InChI is InChI=1S/C24H26BrN3O4S/c1-15-12-16(2-3-17(15)28-10-11-32-13-20(28)29)26-22(31)24(9-8-23(14-24)6-7-23)27-21(30)18-4-5-19(25)33-18/h2-5,12H,6-11,13-14H2,1H3,(H,26,31)(H,27,30). The van der Waals surface area contributed by atoms with Gasteiger partial charge in [0.2, 0.25) is 5.91 Å². The quantitative estimate of drug-likeness (QED) is 0.603. The lowest BCUT2D eigenvalue weighted by Gasteiger charge is -2.30. The molecule has 2 aromatic rings. The second-order valence-electron chi connectivity index (χ2n) is 9.37. The molecule has 2 N–H and O–H groups in total. The van der Waals surface area contributed by atoms with Crippen LogP contribution in [0.25, 0.3) is 0 Å². The molecule has 9 heteroatoms. The average molecular weight is 532 g/mol. The van der Waals surface area contributed by atoms with Crippen LogP contribution in [0.3, 0.4) is 0 Å². The van der Waals surface area contributed by atoms with E-state index in [1.165, 1.54) is 11.3 Å². The summed E-state index contributed by atoms with van der Waals surface area (Å²) in [5.41, 5.74) is 1.65. The number of anilines is 2. The molecule has 1 aromatic carbocycles. The van der Waals surface area contributed by atoms with E-state index < -0.39 is 5.54 Å². The summed E-state index contributed by atoms with van der Waals surface area (Å²) in [6.45, 7) is 3.04. The lowest BCUT2D eigenvalue weighted by atomic mass is 9.93. The van der Waals surface area contributed by atoms with E-state index in [2.05, 4.69) is 26.6 Å². The Bertz CT molecular complexity index is 1130. The van der Waals surface area contributed by atoms with Crippen molar-refractivity contribution in [3.05, 3.63) is 44.6 Å². The molecule has 1 atom stereocenters. The van der Waals surface area contributed by atoms with E-state index in [1.54, 1.807) is 11.0 Å². The Morgan fingerprint density at radius 1 is 1.15 bits per heavy atom. The summed E-state index contributed by atoms with van der Waals surface area (Å²) in [4.78, 5) is 41.0. The van der Waals surface area contributed by atoms with Crippen molar-refractivity contribution in [2.45, 2.75) is 44.6 Å². The molecule has 2 aliphatic carbocycles. The van der Waals surface area contributed by atoms with Gasteiger partial charge in [-0.25, -0.2) is 0 Å². The summed E-state index contributed by atoms with van der Waals surface area (Å²) < 4.78 is 6.10. The molecule has 3 fully saturated rings. The molecule has 3 aliphatic rings. The number of amides is 3. The average Bonchev–Trinajstić information content (AvgIpc) is 3.22. The first-order chi connectivity index (χ1) is 15.8. The fraction of sp³-hybridized carbons (Fsp3) is 0.458. The fourth-order valence-electron chi connectivity index (χ4n) is 5.03. The number of hydrogen-bond acceptors (Lipinski definition) is 5. The van der Waals surface area contributed by atoms with Gasteiger partial charge in [-0.1, -0.05) is 0 Å². The minimum Gasteiger partial charge on any atom is -0.370 e. The van der Waals surface area contributed by atoms with E-state index in [1.807, 2.05) is 31.2 Å². The number of nitrogens with zero attached hydrogens (tertiary/aromatic N) is 1. The molecule has 2 saturated carbocycles. The van der Waals surface area contributed by atoms with Crippen LogP contribution < -0.4 is 15.5 Å². The van der Waals surface area contributed by atoms with Crippen molar-refractivity contribution in [3.63, 3.8) is 0 Å². The van der Waals surface area contributed by atoms with Gasteiger partial charge in [0.05, 0.1) is 15.3 Å². The van der Waals surface area contributed by atoms with E-state index in [-0.39, 0.29) is 29.7 Å². The van der Waals surface area contributed by atoms with Gasteiger partial charge in [-0.15, -0.1) is 11.3 Å². The Morgan fingerprint density at radius 3 is 2.58 bits per heavy atom. The number of carbonyl (C=O) groups excluding carboxylic acids is 3. The molecule has 7 nitrogen and oxygen atoms in total. The van der Waals surface area contributed by atoms with Crippen LogP contribution in [-0.4, -0.2) is 43.0 Å². The summed E-state index contributed by atoms with van der Waals surface area (Å²) in [5, 5.41) is 6.14. The zero-order valence-corrected chi connectivity index (χ0v) is 20.8. The molecule has 1 saturated heterocycles. The first-order valence-electron chi connectivity index (χ1n) is 11.2. The number of halogens is 1. The Morgan fingerprint density at radius 2 is 1.94 bits per heavy atom. The van der Waals surface area contributed by atoms with Crippen molar-refractivity contribution in [1.82, 2.24) is 5.32 Å². The smallest absolute Gasteiger partial charge is 0.262 e. The number of thiophene rings is 1. The summed E-state index contributed by atoms with van der Waals surface area (Å²) in [6, 6.07) is 9.17.